The smallest absolute Gasteiger partial charge is 0.416 e. The molecule has 13 heteroatoms. The van der Waals surface area contributed by atoms with Crippen molar-refractivity contribution in [2.75, 3.05) is 19.0 Å². The van der Waals surface area contributed by atoms with Crippen molar-refractivity contribution in [1.82, 2.24) is 4.90 Å². The Balaban J connectivity index is 1.37. The van der Waals surface area contributed by atoms with Gasteiger partial charge in [0.15, 0.2) is 0 Å². The van der Waals surface area contributed by atoms with E-state index in [1.807, 2.05) is 0 Å². The quantitative estimate of drug-likeness (QED) is 0.308. The van der Waals surface area contributed by atoms with E-state index in [0.29, 0.717) is 34.0 Å². The number of alkyl halides is 3. The third-order valence-corrected chi connectivity index (χ3v) is 6.67. The highest BCUT2D eigenvalue weighted by Gasteiger charge is 2.37. The van der Waals surface area contributed by atoms with E-state index in [0.717, 1.165) is 17.7 Å². The van der Waals surface area contributed by atoms with E-state index in [1.54, 1.807) is 36.4 Å². The number of anilines is 1. The van der Waals surface area contributed by atoms with E-state index in [2.05, 4.69) is 5.32 Å². The van der Waals surface area contributed by atoms with Crippen LogP contribution in [0.25, 0.3) is 6.08 Å². The fourth-order valence-corrected chi connectivity index (χ4v) is 4.51. The average molecular weight is 587 g/mol. The molecule has 3 aromatic carbocycles. The number of carbonyl (C=O) groups excluding carboxylic acids is 3. The molecule has 4 rings (SSSR count). The van der Waals surface area contributed by atoms with Crippen LogP contribution in [0.15, 0.2) is 71.6 Å². The number of nitrogens with one attached hydrogen (secondary N) is 1. The molecule has 1 aliphatic heterocycles. The van der Waals surface area contributed by atoms with Crippen LogP contribution in [0.3, 0.4) is 0 Å². The Bertz CT molecular complexity index is 1520. The van der Waals surface area contributed by atoms with Gasteiger partial charge in [-0.3, -0.25) is 19.3 Å². The lowest BCUT2D eigenvalue weighted by Gasteiger charge is -2.16. The molecule has 0 unspecified atom stereocenters. The fraction of sp³-hybridized carbons (Fsp3) is 0.143. The number of nitrogens with zero attached hydrogens (tertiary/aromatic N) is 1. The minimum Gasteiger partial charge on any atom is -0.495 e. The van der Waals surface area contributed by atoms with E-state index in [9.17, 15) is 32.3 Å². The van der Waals surface area contributed by atoms with Gasteiger partial charge in [0.1, 0.15) is 24.7 Å². The molecule has 9 nitrogen and oxygen atoms in total. The molecule has 3 amide bonds. The van der Waals surface area contributed by atoms with Gasteiger partial charge in [0.2, 0.25) is 5.91 Å². The monoisotopic (exact) mass is 586 g/mol. The number of halogens is 3. The number of rotatable bonds is 9. The summed E-state index contributed by atoms with van der Waals surface area (Å²) in [7, 11) is 1.22. The number of ether oxygens (including phenoxy) is 2. The van der Waals surface area contributed by atoms with Crippen LogP contribution in [0.5, 0.6) is 11.5 Å². The van der Waals surface area contributed by atoms with Crippen LogP contribution in [0.1, 0.15) is 27.0 Å². The number of benzene rings is 3. The van der Waals surface area contributed by atoms with Crippen molar-refractivity contribution >= 4 is 46.5 Å². The highest BCUT2D eigenvalue weighted by Crippen LogP contribution is 2.36. The first-order valence-electron chi connectivity index (χ1n) is 11.8. The summed E-state index contributed by atoms with van der Waals surface area (Å²) in [6, 6.07) is 15.4. The van der Waals surface area contributed by atoms with E-state index < -0.39 is 41.3 Å². The van der Waals surface area contributed by atoms with Crippen LogP contribution in [0, 0.1) is 0 Å². The number of carboxylic acid groups (broad SMARTS) is 1. The second-order valence-electron chi connectivity index (χ2n) is 8.59. The zero-order valence-corrected chi connectivity index (χ0v) is 22.0. The molecule has 3 aromatic rings. The fourth-order valence-electron chi connectivity index (χ4n) is 3.67. The van der Waals surface area contributed by atoms with Gasteiger partial charge in [-0.1, -0.05) is 24.3 Å². The van der Waals surface area contributed by atoms with Gasteiger partial charge in [-0.15, -0.1) is 0 Å². The van der Waals surface area contributed by atoms with Crippen molar-refractivity contribution < 1.29 is 46.9 Å². The maximum atomic E-state index is 13.1. The number of methoxy groups -OCH3 is 1. The molecule has 0 atom stereocenters. The Morgan fingerprint density at radius 2 is 1.71 bits per heavy atom. The lowest BCUT2D eigenvalue weighted by Crippen LogP contribution is -2.36. The number of hydrogen-bond donors (Lipinski definition) is 2. The largest absolute Gasteiger partial charge is 0.495 e. The Kier molecular flexibility index (Phi) is 8.67. The van der Waals surface area contributed by atoms with Crippen molar-refractivity contribution in [2.45, 2.75) is 12.8 Å². The normalized spacial score (nSPS) is 14.3. The summed E-state index contributed by atoms with van der Waals surface area (Å²) in [5, 5.41) is 10.5. The topological polar surface area (TPSA) is 122 Å². The van der Waals surface area contributed by atoms with Crippen molar-refractivity contribution in [3.8, 4) is 11.5 Å². The zero-order chi connectivity index (χ0) is 29.7. The molecule has 0 aliphatic carbocycles. The molecule has 41 heavy (non-hydrogen) atoms. The SMILES string of the molecule is COc1ccc(C(F)(F)F)cc1NC(=O)CN1C(=O)S/C(=C\c2ccc(OCc3ccc(C(=O)O)cc3)cc2)C1=O. The van der Waals surface area contributed by atoms with Crippen LogP contribution in [0.4, 0.5) is 23.7 Å². The number of hydrogen-bond acceptors (Lipinski definition) is 7. The molecular weight excluding hydrogens is 565 g/mol. The standard InChI is InChI=1S/C28H21F3N2O7S/c1-39-22-11-8-19(28(29,30)31)13-21(22)32-24(34)14-33-25(35)23(41-27(33)38)12-16-4-9-20(10-5-16)40-15-17-2-6-18(7-3-17)26(36)37/h2-13H,14-15H2,1H3,(H,32,34)(H,36,37)/b23-12-. The molecule has 1 aliphatic rings. The summed E-state index contributed by atoms with van der Waals surface area (Å²) in [6.07, 6.45) is -3.18. The Morgan fingerprint density at radius 3 is 2.32 bits per heavy atom. The van der Waals surface area contributed by atoms with Crippen LogP contribution in [-0.4, -0.2) is 46.7 Å². The molecule has 0 aromatic heterocycles. The van der Waals surface area contributed by atoms with Gasteiger partial charge in [0, 0.05) is 0 Å². The van der Waals surface area contributed by atoms with E-state index in [4.69, 9.17) is 14.6 Å². The molecule has 0 saturated carbocycles. The number of aromatic carboxylic acids is 1. The first-order valence-corrected chi connectivity index (χ1v) is 12.6. The van der Waals surface area contributed by atoms with Crippen LogP contribution < -0.4 is 14.8 Å². The van der Waals surface area contributed by atoms with Gasteiger partial charge in [0.05, 0.1) is 28.8 Å². The molecule has 1 saturated heterocycles. The Hall–Kier alpha value is -4.78. The summed E-state index contributed by atoms with van der Waals surface area (Å²) >= 11 is 0.625. The maximum Gasteiger partial charge on any atom is 0.416 e. The molecule has 0 radical (unpaired) electrons. The first kappa shape index (κ1) is 29.2. The predicted molar refractivity (Wildman–Crippen MR) is 143 cm³/mol. The lowest BCUT2D eigenvalue weighted by molar-refractivity contribution is -0.137. The third-order valence-electron chi connectivity index (χ3n) is 5.76. The third kappa shape index (κ3) is 7.25. The maximum absolute atomic E-state index is 13.1. The molecular formula is C28H21F3N2O7S. The lowest BCUT2D eigenvalue weighted by atomic mass is 10.1. The Morgan fingerprint density at radius 1 is 1.02 bits per heavy atom. The van der Waals surface area contributed by atoms with Crippen molar-refractivity contribution in [1.29, 1.82) is 0 Å². The second kappa shape index (κ2) is 12.2. The molecule has 1 heterocycles. The predicted octanol–water partition coefficient (Wildman–Crippen LogP) is 5.67. The van der Waals surface area contributed by atoms with Crippen LogP contribution >= 0.6 is 11.8 Å². The van der Waals surface area contributed by atoms with Crippen LogP contribution in [0.2, 0.25) is 0 Å². The molecule has 0 bridgehead atoms. The number of imide groups is 1. The average Bonchev–Trinajstić information content (AvgIpc) is 3.19. The van der Waals surface area contributed by atoms with E-state index in [-0.39, 0.29) is 28.5 Å². The molecule has 2 N–H and O–H groups in total. The zero-order valence-electron chi connectivity index (χ0n) is 21.2. The summed E-state index contributed by atoms with van der Waals surface area (Å²) in [5.41, 5.74) is 0.247. The number of thioether (sulfide) groups is 1. The summed E-state index contributed by atoms with van der Waals surface area (Å²) < 4.78 is 49.9. The molecule has 1 fully saturated rings. The van der Waals surface area contributed by atoms with E-state index >= 15 is 0 Å². The van der Waals surface area contributed by atoms with Gasteiger partial charge in [0.25, 0.3) is 11.1 Å². The molecule has 0 spiro atoms. The highest BCUT2D eigenvalue weighted by molar-refractivity contribution is 8.18. The minimum atomic E-state index is -4.65. The number of carbonyl (C=O) groups is 4. The van der Waals surface area contributed by atoms with Gasteiger partial charge < -0.3 is 19.9 Å². The number of carboxylic acids is 1. The van der Waals surface area contributed by atoms with Gasteiger partial charge in [-0.05, 0) is 71.4 Å². The second-order valence-corrected chi connectivity index (χ2v) is 9.58. The summed E-state index contributed by atoms with van der Waals surface area (Å²) in [5.74, 6) is -2.14. The van der Waals surface area contributed by atoms with Crippen molar-refractivity contribution in [3.63, 3.8) is 0 Å². The summed E-state index contributed by atoms with van der Waals surface area (Å²) in [4.78, 5) is 49.5. The summed E-state index contributed by atoms with van der Waals surface area (Å²) in [6.45, 7) is -0.506. The molecule has 212 valence electrons. The van der Waals surface area contributed by atoms with Gasteiger partial charge in [-0.2, -0.15) is 13.2 Å². The first-order chi connectivity index (χ1) is 19.4. The Labute approximate surface area is 235 Å². The minimum absolute atomic E-state index is 0.0242. The van der Waals surface area contributed by atoms with Crippen molar-refractivity contribution in [3.05, 3.63) is 93.9 Å². The highest BCUT2D eigenvalue weighted by atomic mass is 32.2. The van der Waals surface area contributed by atoms with Gasteiger partial charge in [-0.25, -0.2) is 4.79 Å². The number of amides is 3. The van der Waals surface area contributed by atoms with Crippen molar-refractivity contribution in [2.24, 2.45) is 0 Å². The van der Waals surface area contributed by atoms with E-state index in [1.165, 1.54) is 25.3 Å². The van der Waals surface area contributed by atoms with Crippen LogP contribution in [-0.2, 0) is 22.4 Å². The van der Waals surface area contributed by atoms with Gasteiger partial charge >= 0.3 is 12.1 Å².